The molecule has 0 N–H and O–H groups in total. The van der Waals surface area contributed by atoms with Crippen LogP contribution < -0.4 is 4.74 Å². The van der Waals surface area contributed by atoms with E-state index in [1.807, 2.05) is 12.1 Å². The number of ether oxygens (including phenoxy) is 1. The van der Waals surface area contributed by atoms with E-state index in [0.717, 1.165) is 5.75 Å². The van der Waals surface area contributed by atoms with E-state index in [0.29, 0.717) is 0 Å². The summed E-state index contributed by atoms with van der Waals surface area (Å²) in [5, 5.41) is 0. The Kier molecular flexibility index (Phi) is 2.63. The van der Waals surface area contributed by atoms with Gasteiger partial charge < -0.3 is 4.74 Å². The van der Waals surface area contributed by atoms with E-state index in [-0.39, 0.29) is 0 Å². The molecule has 0 amide bonds. The zero-order valence-electron chi connectivity index (χ0n) is 6.16. The van der Waals surface area contributed by atoms with Gasteiger partial charge in [0.1, 0.15) is 12.0 Å². The van der Waals surface area contributed by atoms with E-state index in [1.165, 1.54) is 16.7 Å². The van der Waals surface area contributed by atoms with E-state index in [2.05, 4.69) is 18.4 Å². The van der Waals surface area contributed by atoms with Gasteiger partial charge in [0.25, 0.3) is 0 Å². The minimum atomic E-state index is 0.924. The summed E-state index contributed by atoms with van der Waals surface area (Å²) in [6.07, 6.45) is 2.11. The van der Waals surface area contributed by atoms with Crippen molar-refractivity contribution in [3.05, 3.63) is 24.3 Å². The van der Waals surface area contributed by atoms with Gasteiger partial charge in [-0.3, -0.25) is 0 Å². The first-order chi connectivity index (χ1) is 4.86. The van der Waals surface area contributed by atoms with Crippen LogP contribution in [0.15, 0.2) is 29.2 Å². The smallest absolute Gasteiger partial charge is 0.152 e. The van der Waals surface area contributed by atoms with Gasteiger partial charge in [-0.25, -0.2) is 0 Å². The monoisotopic (exact) mass is 155 g/mol. The van der Waals surface area contributed by atoms with Crippen molar-refractivity contribution < 1.29 is 4.74 Å². The first-order valence-electron chi connectivity index (χ1n) is 3.10. The maximum atomic E-state index is 5.01. The van der Waals surface area contributed by atoms with Crippen LogP contribution in [0, 0.1) is 0 Å². The van der Waals surface area contributed by atoms with E-state index in [4.69, 9.17) is 4.74 Å². The third-order valence-corrected chi connectivity index (χ3v) is 2.15. The molecule has 10 heavy (non-hydrogen) atoms. The molecule has 0 heterocycles. The molecule has 1 aromatic carbocycles. The van der Waals surface area contributed by atoms with Crippen LogP contribution in [-0.2, 0) is 11.8 Å². The van der Waals surface area contributed by atoms with Gasteiger partial charge in [0.15, 0.2) is 4.90 Å². The van der Waals surface area contributed by atoms with Crippen LogP contribution >= 0.6 is 0 Å². The summed E-state index contributed by atoms with van der Waals surface area (Å²) < 4.78 is 5.01. The Morgan fingerprint density at radius 3 is 2.20 bits per heavy atom. The second-order valence-electron chi connectivity index (χ2n) is 1.92. The van der Waals surface area contributed by atoms with E-state index in [9.17, 15) is 0 Å². The third kappa shape index (κ3) is 1.67. The minimum absolute atomic E-state index is 0.924. The Labute approximate surface area is 65.4 Å². The molecule has 0 unspecified atom stereocenters. The summed E-state index contributed by atoms with van der Waals surface area (Å²) in [5.74, 6) is 0.924. The summed E-state index contributed by atoms with van der Waals surface area (Å²) in [5.41, 5.74) is 0. The Morgan fingerprint density at radius 1 is 1.20 bits per heavy atom. The predicted octanol–water partition coefficient (Wildman–Crippen LogP) is 1.50. The molecule has 2 heteroatoms. The maximum Gasteiger partial charge on any atom is 0.152 e. The lowest BCUT2D eigenvalue weighted by atomic mass is 10.3. The molecule has 0 radical (unpaired) electrons. The second kappa shape index (κ2) is 3.52. The lowest BCUT2D eigenvalue weighted by Crippen LogP contribution is -1.82. The SMILES string of the molecule is COc1ccc([SH+]C)cc1. The molecule has 0 spiro atoms. The summed E-state index contributed by atoms with van der Waals surface area (Å²) in [7, 11) is 1.68. The Morgan fingerprint density at radius 2 is 1.80 bits per heavy atom. The molecule has 0 bridgehead atoms. The molecule has 0 atom stereocenters. The lowest BCUT2D eigenvalue weighted by molar-refractivity contribution is 0.414. The van der Waals surface area contributed by atoms with Crippen LogP contribution in [0.25, 0.3) is 0 Å². The topological polar surface area (TPSA) is 9.23 Å². The highest BCUT2D eigenvalue weighted by Crippen LogP contribution is 2.11. The molecule has 0 aromatic heterocycles. The van der Waals surface area contributed by atoms with Gasteiger partial charge >= 0.3 is 0 Å². The molecule has 1 aromatic rings. The number of benzene rings is 1. The van der Waals surface area contributed by atoms with Gasteiger partial charge in [0, 0.05) is 11.8 Å². The molecule has 0 saturated heterocycles. The quantitative estimate of drug-likeness (QED) is 0.464. The van der Waals surface area contributed by atoms with Crippen molar-refractivity contribution in [1.29, 1.82) is 0 Å². The molecule has 0 aliphatic rings. The fourth-order valence-electron chi connectivity index (χ4n) is 0.731. The third-order valence-electron chi connectivity index (χ3n) is 1.33. The standard InChI is InChI=1S/C8H10OS/c1-9-7-3-5-8(10-2)6-4-7/h3-6H,1-2H3/p+1. The molecular weight excluding hydrogens is 144 g/mol. The summed E-state index contributed by atoms with van der Waals surface area (Å²) in [6, 6.07) is 8.10. The number of methoxy groups -OCH3 is 1. The van der Waals surface area contributed by atoms with Crippen molar-refractivity contribution in [3.63, 3.8) is 0 Å². The van der Waals surface area contributed by atoms with Crippen molar-refractivity contribution in [2.45, 2.75) is 4.90 Å². The molecule has 54 valence electrons. The van der Waals surface area contributed by atoms with Gasteiger partial charge in [-0.1, -0.05) is 0 Å². The van der Waals surface area contributed by atoms with Gasteiger partial charge in [-0.05, 0) is 24.3 Å². The molecule has 0 saturated carbocycles. The van der Waals surface area contributed by atoms with Crippen molar-refractivity contribution in [3.8, 4) is 5.75 Å². The largest absolute Gasteiger partial charge is 0.497 e. The van der Waals surface area contributed by atoms with Crippen LogP contribution in [0.3, 0.4) is 0 Å². The van der Waals surface area contributed by atoms with Crippen LogP contribution in [0.2, 0.25) is 0 Å². The normalized spacial score (nSPS) is 9.40. The zero-order chi connectivity index (χ0) is 7.40. The molecule has 1 rings (SSSR count). The summed E-state index contributed by atoms with van der Waals surface area (Å²) in [4.78, 5) is 1.32. The molecule has 0 aliphatic carbocycles. The zero-order valence-corrected chi connectivity index (χ0v) is 7.06. The first kappa shape index (κ1) is 7.48. The van der Waals surface area contributed by atoms with Gasteiger partial charge in [-0.2, -0.15) is 0 Å². The Hall–Kier alpha value is -0.630. The van der Waals surface area contributed by atoms with E-state index < -0.39 is 0 Å². The highest BCUT2D eigenvalue weighted by molar-refractivity contribution is 7.77. The summed E-state index contributed by atoms with van der Waals surface area (Å²) >= 11 is 1.30. The highest BCUT2D eigenvalue weighted by atomic mass is 32.2. The number of thiol groups is 1. The van der Waals surface area contributed by atoms with Crippen LogP contribution in [0.4, 0.5) is 0 Å². The summed E-state index contributed by atoms with van der Waals surface area (Å²) in [6.45, 7) is 0. The fourth-order valence-corrected chi connectivity index (χ4v) is 1.18. The van der Waals surface area contributed by atoms with Crippen molar-refractivity contribution in [2.75, 3.05) is 13.4 Å². The second-order valence-corrected chi connectivity index (χ2v) is 2.89. The molecule has 1 nitrogen and oxygen atoms in total. The molecule has 0 aliphatic heterocycles. The number of hydrogen-bond donors (Lipinski definition) is 0. The van der Waals surface area contributed by atoms with Crippen molar-refractivity contribution in [1.82, 2.24) is 0 Å². The Bertz CT molecular complexity index is 170. The highest BCUT2D eigenvalue weighted by Gasteiger charge is 1.95. The van der Waals surface area contributed by atoms with Gasteiger partial charge in [-0.15, -0.1) is 0 Å². The fraction of sp³-hybridized carbons (Fsp3) is 0.250. The number of rotatable bonds is 2. The van der Waals surface area contributed by atoms with E-state index >= 15 is 0 Å². The minimum Gasteiger partial charge on any atom is -0.497 e. The van der Waals surface area contributed by atoms with Gasteiger partial charge in [0.05, 0.1) is 7.11 Å². The van der Waals surface area contributed by atoms with Crippen molar-refractivity contribution >= 4 is 11.8 Å². The molecule has 0 fully saturated rings. The average Bonchev–Trinajstić information content (AvgIpc) is 2.05. The van der Waals surface area contributed by atoms with Crippen LogP contribution in [-0.4, -0.2) is 13.4 Å². The molecular formula is C8H11OS+. The first-order valence-corrected chi connectivity index (χ1v) is 4.45. The number of hydrogen-bond acceptors (Lipinski definition) is 1. The van der Waals surface area contributed by atoms with E-state index in [1.54, 1.807) is 7.11 Å². The lowest BCUT2D eigenvalue weighted by Gasteiger charge is -1.95. The van der Waals surface area contributed by atoms with Gasteiger partial charge in [0.2, 0.25) is 0 Å². The van der Waals surface area contributed by atoms with Crippen molar-refractivity contribution in [2.24, 2.45) is 0 Å². The van der Waals surface area contributed by atoms with Crippen LogP contribution in [0.1, 0.15) is 0 Å². The average molecular weight is 155 g/mol. The predicted molar refractivity (Wildman–Crippen MR) is 45.9 cm³/mol. The maximum absolute atomic E-state index is 5.01. The van der Waals surface area contributed by atoms with Crippen LogP contribution in [0.5, 0.6) is 5.75 Å². The Balaban J connectivity index is 2.80.